The summed E-state index contributed by atoms with van der Waals surface area (Å²) < 4.78 is 24.7. The van der Waals surface area contributed by atoms with Crippen molar-refractivity contribution in [3.8, 4) is 17.4 Å². The molecule has 2 saturated carbocycles. The molecule has 1 N–H and O–H groups in total. The Kier molecular flexibility index (Phi) is 6.95. The lowest BCUT2D eigenvalue weighted by molar-refractivity contribution is -0.133. The molecule has 0 spiro atoms. The maximum Gasteiger partial charge on any atom is 0.255 e. The van der Waals surface area contributed by atoms with Gasteiger partial charge in [0.15, 0.2) is 11.6 Å². The van der Waals surface area contributed by atoms with Crippen LogP contribution in [0.25, 0.3) is 10.9 Å². The van der Waals surface area contributed by atoms with Gasteiger partial charge in [-0.2, -0.15) is 0 Å². The van der Waals surface area contributed by atoms with Gasteiger partial charge in [0.2, 0.25) is 5.88 Å². The second-order valence-corrected chi connectivity index (χ2v) is 10.7. The van der Waals surface area contributed by atoms with Crippen molar-refractivity contribution in [2.75, 3.05) is 7.11 Å². The number of methoxy groups -OCH3 is 1. The fourth-order valence-electron chi connectivity index (χ4n) is 4.92. The first-order chi connectivity index (χ1) is 19.8. The highest BCUT2D eigenvalue weighted by Crippen LogP contribution is 2.49. The van der Waals surface area contributed by atoms with Crippen molar-refractivity contribution >= 4 is 28.4 Å². The van der Waals surface area contributed by atoms with E-state index in [4.69, 9.17) is 9.47 Å². The molecular formula is C32H28FN3O5. The highest BCUT2D eigenvalue weighted by molar-refractivity contribution is 6.11. The van der Waals surface area contributed by atoms with Crippen LogP contribution in [0.5, 0.6) is 17.4 Å². The molecule has 9 heteroatoms. The second kappa shape index (κ2) is 10.7. The molecule has 0 saturated heterocycles. The number of nitrogens with one attached hydrogen (secondary N) is 1. The Morgan fingerprint density at radius 3 is 2.15 bits per heavy atom. The van der Waals surface area contributed by atoms with Crippen LogP contribution in [-0.2, 0) is 22.4 Å². The number of fused-ring (bicyclic) bond motifs is 1. The number of ether oxygens (including phenoxy) is 2. The van der Waals surface area contributed by atoms with Gasteiger partial charge in [0, 0.05) is 24.9 Å². The van der Waals surface area contributed by atoms with Gasteiger partial charge in [-0.05, 0) is 67.1 Å². The molecule has 2 aliphatic carbocycles. The normalized spacial score (nSPS) is 15.3. The van der Waals surface area contributed by atoms with Gasteiger partial charge in [0.25, 0.3) is 5.91 Å². The molecule has 2 fully saturated rings. The predicted molar refractivity (Wildman–Crippen MR) is 149 cm³/mol. The molecule has 8 nitrogen and oxygen atoms in total. The summed E-state index contributed by atoms with van der Waals surface area (Å²) in [5.41, 5.74) is 1.46. The van der Waals surface area contributed by atoms with Gasteiger partial charge >= 0.3 is 0 Å². The molecule has 1 aromatic heterocycles. The summed E-state index contributed by atoms with van der Waals surface area (Å²) >= 11 is 0. The number of carbonyl (C=O) groups is 3. The predicted octanol–water partition coefficient (Wildman–Crippen LogP) is 5.17. The van der Waals surface area contributed by atoms with E-state index in [0.29, 0.717) is 46.4 Å². The molecule has 1 heterocycles. The van der Waals surface area contributed by atoms with E-state index in [0.717, 1.165) is 18.4 Å². The summed E-state index contributed by atoms with van der Waals surface area (Å²) in [7, 11) is 1.51. The van der Waals surface area contributed by atoms with Crippen LogP contribution in [0.4, 0.5) is 4.39 Å². The van der Waals surface area contributed by atoms with E-state index >= 15 is 0 Å². The van der Waals surface area contributed by atoms with E-state index in [1.807, 2.05) is 0 Å². The minimum atomic E-state index is -0.950. The third kappa shape index (κ3) is 5.66. The lowest BCUT2D eigenvalue weighted by Crippen LogP contribution is -2.28. The molecule has 4 aromatic rings. The Hall–Kier alpha value is -4.66. The summed E-state index contributed by atoms with van der Waals surface area (Å²) in [4.78, 5) is 47.5. The van der Waals surface area contributed by atoms with Gasteiger partial charge in [0.05, 0.1) is 29.0 Å². The quantitative estimate of drug-likeness (QED) is 0.256. The molecule has 0 bridgehead atoms. The lowest BCUT2D eigenvalue weighted by atomic mass is 9.88. The zero-order chi connectivity index (χ0) is 28.6. The van der Waals surface area contributed by atoms with Gasteiger partial charge < -0.3 is 14.8 Å². The van der Waals surface area contributed by atoms with Crippen LogP contribution in [0.15, 0.2) is 67.0 Å². The first-order valence-electron chi connectivity index (χ1n) is 13.6. The molecule has 0 aliphatic heterocycles. The number of hydrogen-bond acceptors (Lipinski definition) is 7. The van der Waals surface area contributed by atoms with Crippen molar-refractivity contribution in [2.24, 2.45) is 5.41 Å². The van der Waals surface area contributed by atoms with Gasteiger partial charge in [-0.15, -0.1) is 0 Å². The topological polar surface area (TPSA) is 107 Å². The molecule has 3 aromatic carbocycles. The summed E-state index contributed by atoms with van der Waals surface area (Å²) in [5, 5.41) is 3.53. The molecule has 208 valence electrons. The highest BCUT2D eigenvalue weighted by Gasteiger charge is 2.54. The Balaban J connectivity index is 1.15. The monoisotopic (exact) mass is 553 g/mol. The van der Waals surface area contributed by atoms with Crippen molar-refractivity contribution in [1.82, 2.24) is 15.3 Å². The standard InChI is InChI=1S/C32H28FN3O5/c1-40-27-17-26-24(16-25(27)30(39)36-22-8-9-22)31(35-18-34-26)41-23-10-4-20(5-11-23)15-29(38)32(12-13-32)28(37)14-19-2-6-21(33)7-3-19/h2-7,10-11,16-18,22H,8-9,12-15H2,1H3,(H,36,39). The van der Waals surface area contributed by atoms with Crippen LogP contribution in [0.2, 0.25) is 0 Å². The largest absolute Gasteiger partial charge is 0.496 e. The fraction of sp³-hybridized carbons (Fsp3) is 0.281. The molecule has 0 radical (unpaired) electrons. The zero-order valence-corrected chi connectivity index (χ0v) is 22.5. The maximum atomic E-state index is 13.2. The number of nitrogens with zero attached hydrogens (tertiary/aromatic N) is 2. The van der Waals surface area contributed by atoms with E-state index in [1.165, 1.54) is 25.6 Å². The molecule has 0 atom stereocenters. The first-order valence-corrected chi connectivity index (χ1v) is 13.6. The lowest BCUT2D eigenvalue weighted by Gasteiger charge is -2.14. The van der Waals surface area contributed by atoms with Crippen molar-refractivity contribution in [2.45, 2.75) is 44.6 Å². The zero-order valence-electron chi connectivity index (χ0n) is 22.5. The van der Waals surface area contributed by atoms with Crippen LogP contribution < -0.4 is 14.8 Å². The third-order valence-corrected chi connectivity index (χ3v) is 7.68. The molecular weight excluding hydrogens is 525 g/mol. The molecule has 41 heavy (non-hydrogen) atoms. The number of rotatable bonds is 11. The fourth-order valence-corrected chi connectivity index (χ4v) is 4.92. The van der Waals surface area contributed by atoms with E-state index in [9.17, 15) is 18.8 Å². The Bertz CT molecular complexity index is 1650. The van der Waals surface area contributed by atoms with Crippen LogP contribution in [0, 0.1) is 11.2 Å². The van der Waals surface area contributed by atoms with Gasteiger partial charge in [0.1, 0.15) is 23.6 Å². The number of carbonyl (C=O) groups excluding carboxylic acids is 3. The van der Waals surface area contributed by atoms with E-state index in [2.05, 4.69) is 15.3 Å². The smallest absolute Gasteiger partial charge is 0.255 e. The average Bonchev–Trinajstić information content (AvgIpc) is 3.91. The van der Waals surface area contributed by atoms with Gasteiger partial charge in [-0.1, -0.05) is 24.3 Å². The second-order valence-electron chi connectivity index (χ2n) is 10.7. The molecule has 1 amide bonds. The SMILES string of the molecule is COc1cc2ncnc(Oc3ccc(CC(=O)C4(C(=O)Cc5ccc(F)cc5)CC4)cc3)c2cc1C(=O)NC1CC1. The van der Waals surface area contributed by atoms with E-state index < -0.39 is 5.41 Å². The minimum Gasteiger partial charge on any atom is -0.496 e. The minimum absolute atomic E-state index is 0.106. The van der Waals surface area contributed by atoms with E-state index in [1.54, 1.807) is 48.5 Å². The number of halogens is 1. The molecule has 2 aliphatic rings. The van der Waals surface area contributed by atoms with Crippen molar-refractivity contribution in [3.05, 3.63) is 89.5 Å². The van der Waals surface area contributed by atoms with Gasteiger partial charge in [-0.3, -0.25) is 14.4 Å². The number of aromatic nitrogens is 2. The summed E-state index contributed by atoms with van der Waals surface area (Å²) in [6, 6.07) is 16.4. The van der Waals surface area contributed by atoms with Gasteiger partial charge in [-0.25, -0.2) is 14.4 Å². The first kappa shape index (κ1) is 26.6. The van der Waals surface area contributed by atoms with Crippen molar-refractivity contribution in [1.29, 1.82) is 0 Å². The summed E-state index contributed by atoms with van der Waals surface area (Å²) in [6.45, 7) is 0. The maximum absolute atomic E-state index is 13.2. The van der Waals surface area contributed by atoms with Crippen LogP contribution in [-0.4, -0.2) is 40.6 Å². The van der Waals surface area contributed by atoms with Crippen molar-refractivity contribution in [3.63, 3.8) is 0 Å². The Morgan fingerprint density at radius 1 is 0.927 bits per heavy atom. The molecule has 6 rings (SSSR count). The number of hydrogen-bond donors (Lipinski definition) is 1. The summed E-state index contributed by atoms with van der Waals surface area (Å²) in [5.74, 6) is 0.385. The number of ketones is 2. The number of amides is 1. The average molecular weight is 554 g/mol. The van der Waals surface area contributed by atoms with E-state index in [-0.39, 0.29) is 48.1 Å². The Labute approximate surface area is 235 Å². The molecule has 0 unspecified atom stereocenters. The highest BCUT2D eigenvalue weighted by atomic mass is 19.1. The van der Waals surface area contributed by atoms with Crippen LogP contribution in [0.1, 0.15) is 47.2 Å². The Morgan fingerprint density at radius 2 is 1.56 bits per heavy atom. The number of benzene rings is 3. The third-order valence-electron chi connectivity index (χ3n) is 7.68. The number of Topliss-reactive ketones (excluding diaryl/α,β-unsaturated/α-hetero) is 2. The summed E-state index contributed by atoms with van der Waals surface area (Å²) in [6.07, 6.45) is 4.64. The van der Waals surface area contributed by atoms with Crippen molar-refractivity contribution < 1.29 is 28.2 Å². The van der Waals surface area contributed by atoms with Crippen LogP contribution in [0.3, 0.4) is 0 Å². The van der Waals surface area contributed by atoms with Crippen LogP contribution >= 0.6 is 0 Å².